The minimum Gasteiger partial charge on any atom is -0.454 e. The van der Waals surface area contributed by atoms with Crippen molar-refractivity contribution < 1.29 is 14.3 Å². The Kier molecular flexibility index (Phi) is 5.39. The molecular weight excluding hydrogens is 396 g/mol. The van der Waals surface area contributed by atoms with Crippen LogP contribution in [0.5, 0.6) is 11.5 Å². The summed E-state index contributed by atoms with van der Waals surface area (Å²) < 4.78 is 12.6. The number of imidazole rings is 1. The Bertz CT molecular complexity index is 1060. The fraction of sp³-hybridized carbons (Fsp3) is 0.364. The number of fused-ring (bicyclic) bond motifs is 1. The molecule has 1 N–H and O–H groups in total. The molecule has 0 bridgehead atoms. The highest BCUT2D eigenvalue weighted by molar-refractivity contribution is 5.77. The summed E-state index contributed by atoms with van der Waals surface area (Å²) in [5, 5.41) is 3.03. The molecule has 9 nitrogen and oxygen atoms in total. The van der Waals surface area contributed by atoms with Gasteiger partial charge in [0.05, 0.1) is 12.4 Å². The van der Waals surface area contributed by atoms with E-state index in [1.807, 2.05) is 29.0 Å². The number of hydrogen-bond acceptors (Lipinski definition) is 7. The molecule has 0 radical (unpaired) electrons. The van der Waals surface area contributed by atoms with Crippen LogP contribution in [0.4, 0.5) is 5.82 Å². The van der Waals surface area contributed by atoms with Gasteiger partial charge in [0, 0.05) is 37.9 Å². The van der Waals surface area contributed by atoms with Gasteiger partial charge in [-0.2, -0.15) is 0 Å². The summed E-state index contributed by atoms with van der Waals surface area (Å²) >= 11 is 0. The van der Waals surface area contributed by atoms with Gasteiger partial charge in [-0.05, 0) is 37.0 Å². The molecule has 0 saturated carbocycles. The number of nitrogens with one attached hydrogen (secondary N) is 1. The van der Waals surface area contributed by atoms with Crippen molar-refractivity contribution in [3.8, 4) is 17.3 Å². The van der Waals surface area contributed by atoms with Crippen LogP contribution >= 0.6 is 0 Å². The van der Waals surface area contributed by atoms with E-state index in [0.29, 0.717) is 18.8 Å². The molecule has 1 unspecified atom stereocenters. The lowest BCUT2D eigenvalue weighted by Crippen LogP contribution is -2.43. The molecule has 0 aliphatic carbocycles. The molecule has 4 heterocycles. The number of piperidine rings is 1. The van der Waals surface area contributed by atoms with Gasteiger partial charge in [0.25, 0.3) is 0 Å². The van der Waals surface area contributed by atoms with Crippen molar-refractivity contribution in [3.63, 3.8) is 0 Å². The third-order valence-electron chi connectivity index (χ3n) is 5.65. The van der Waals surface area contributed by atoms with E-state index in [2.05, 4.69) is 20.2 Å². The van der Waals surface area contributed by atoms with E-state index in [1.165, 1.54) is 0 Å². The molecule has 1 amide bonds. The van der Waals surface area contributed by atoms with Gasteiger partial charge in [-0.25, -0.2) is 9.97 Å². The van der Waals surface area contributed by atoms with Crippen LogP contribution < -0.4 is 19.7 Å². The van der Waals surface area contributed by atoms with Gasteiger partial charge in [-0.15, -0.1) is 0 Å². The number of benzene rings is 1. The predicted octanol–water partition coefficient (Wildman–Crippen LogP) is 2.46. The fourth-order valence-corrected chi connectivity index (χ4v) is 4.06. The molecule has 2 aliphatic rings. The Morgan fingerprint density at radius 1 is 1.13 bits per heavy atom. The average molecular weight is 420 g/mol. The lowest BCUT2D eigenvalue weighted by Gasteiger charge is -2.36. The molecule has 2 aromatic heterocycles. The molecule has 1 aromatic carbocycles. The monoisotopic (exact) mass is 420 g/mol. The molecule has 5 rings (SSSR count). The Morgan fingerprint density at radius 3 is 2.94 bits per heavy atom. The zero-order valence-corrected chi connectivity index (χ0v) is 17.1. The number of nitrogens with zero attached hydrogens (tertiary/aromatic N) is 5. The average Bonchev–Trinajstić information content (AvgIpc) is 3.50. The molecule has 3 aromatic rings. The van der Waals surface area contributed by atoms with Crippen LogP contribution in [0.2, 0.25) is 0 Å². The molecule has 2 aliphatic heterocycles. The molecule has 160 valence electrons. The van der Waals surface area contributed by atoms with E-state index in [9.17, 15) is 4.79 Å². The molecule has 31 heavy (non-hydrogen) atoms. The van der Waals surface area contributed by atoms with E-state index >= 15 is 0 Å². The van der Waals surface area contributed by atoms with Crippen LogP contribution in [0, 0.1) is 0 Å². The predicted molar refractivity (Wildman–Crippen MR) is 113 cm³/mol. The van der Waals surface area contributed by atoms with Crippen LogP contribution in [-0.4, -0.2) is 44.8 Å². The van der Waals surface area contributed by atoms with Crippen molar-refractivity contribution in [1.82, 2.24) is 24.8 Å². The van der Waals surface area contributed by atoms with E-state index < -0.39 is 0 Å². The highest BCUT2D eigenvalue weighted by Gasteiger charge is 2.26. The van der Waals surface area contributed by atoms with Crippen molar-refractivity contribution in [2.45, 2.75) is 38.3 Å². The maximum Gasteiger partial charge on any atom is 0.231 e. The van der Waals surface area contributed by atoms with E-state index in [0.717, 1.165) is 48.7 Å². The first kappa shape index (κ1) is 19.3. The minimum absolute atomic E-state index is 0.0216. The topological polar surface area (TPSA) is 94.4 Å². The molecule has 1 fully saturated rings. The third-order valence-corrected chi connectivity index (χ3v) is 5.65. The molecule has 1 saturated heterocycles. The molecule has 0 spiro atoms. The van der Waals surface area contributed by atoms with Crippen LogP contribution in [-0.2, 0) is 11.3 Å². The van der Waals surface area contributed by atoms with Crippen LogP contribution in [0.3, 0.4) is 0 Å². The van der Waals surface area contributed by atoms with Gasteiger partial charge in [-0.1, -0.05) is 6.07 Å². The summed E-state index contributed by atoms with van der Waals surface area (Å²) in [5.74, 6) is 2.99. The largest absolute Gasteiger partial charge is 0.454 e. The minimum atomic E-state index is 0.0216. The highest BCUT2D eigenvalue weighted by atomic mass is 16.7. The summed E-state index contributed by atoms with van der Waals surface area (Å²) in [4.78, 5) is 28.1. The van der Waals surface area contributed by atoms with Crippen LogP contribution in [0.15, 0.2) is 49.3 Å². The van der Waals surface area contributed by atoms with E-state index in [-0.39, 0.29) is 18.7 Å². The number of rotatable bonds is 6. The van der Waals surface area contributed by atoms with Gasteiger partial charge >= 0.3 is 0 Å². The van der Waals surface area contributed by atoms with E-state index in [4.69, 9.17) is 14.5 Å². The summed E-state index contributed by atoms with van der Waals surface area (Å²) in [6.45, 7) is 1.56. The van der Waals surface area contributed by atoms with E-state index in [1.54, 1.807) is 24.9 Å². The lowest BCUT2D eigenvalue weighted by atomic mass is 9.99. The fourth-order valence-electron chi connectivity index (χ4n) is 4.06. The number of anilines is 1. The van der Waals surface area contributed by atoms with Crippen LogP contribution in [0.25, 0.3) is 5.82 Å². The van der Waals surface area contributed by atoms with Gasteiger partial charge in [0.1, 0.15) is 12.1 Å². The summed E-state index contributed by atoms with van der Waals surface area (Å²) in [5.41, 5.74) is 0.983. The molecule has 9 heteroatoms. The Balaban J connectivity index is 1.23. The lowest BCUT2D eigenvalue weighted by molar-refractivity contribution is -0.121. The second-order valence-corrected chi connectivity index (χ2v) is 7.72. The van der Waals surface area contributed by atoms with Crippen molar-refractivity contribution in [3.05, 3.63) is 54.9 Å². The second kappa shape index (κ2) is 8.63. The van der Waals surface area contributed by atoms with Crippen molar-refractivity contribution in [2.24, 2.45) is 0 Å². The molecular formula is C22H24N6O3. The Morgan fingerprint density at radius 2 is 2.03 bits per heavy atom. The first-order valence-electron chi connectivity index (χ1n) is 10.5. The second-order valence-electron chi connectivity index (χ2n) is 7.72. The number of amides is 1. The maximum absolute atomic E-state index is 12.7. The zero-order chi connectivity index (χ0) is 21.0. The quantitative estimate of drug-likeness (QED) is 0.655. The van der Waals surface area contributed by atoms with Gasteiger partial charge in [0.2, 0.25) is 12.7 Å². The number of aromatic nitrogens is 4. The number of carbonyl (C=O) groups excluding carboxylic acids is 1. The smallest absolute Gasteiger partial charge is 0.231 e. The summed E-state index contributed by atoms with van der Waals surface area (Å²) in [6.07, 6.45) is 12.3. The Hall–Kier alpha value is -3.62. The van der Waals surface area contributed by atoms with Gasteiger partial charge in [0.15, 0.2) is 17.3 Å². The first-order valence-corrected chi connectivity index (χ1v) is 10.5. The van der Waals surface area contributed by atoms with Crippen molar-refractivity contribution >= 4 is 11.7 Å². The maximum atomic E-state index is 12.7. The first-order chi connectivity index (χ1) is 15.3. The van der Waals surface area contributed by atoms with Gasteiger partial charge in [-0.3, -0.25) is 14.3 Å². The number of ether oxygens (including phenoxy) is 2. The SMILES string of the molecule is O=C(CC1CCCCN1c1cncc(-n2ccnc2)n1)NCc1ccc2c(c1)OCO2. The Labute approximate surface area is 180 Å². The standard InChI is InChI=1S/C22H24N6O3/c29-22(25-11-16-4-5-18-19(9-16)31-15-30-18)10-17-3-1-2-7-28(17)21-13-24-12-20(26-21)27-8-6-23-14-27/h4-6,8-9,12-14,17H,1-3,7,10-11,15H2,(H,25,29). The number of carbonyl (C=O) groups is 1. The number of hydrogen-bond donors (Lipinski definition) is 1. The summed E-state index contributed by atoms with van der Waals surface area (Å²) in [7, 11) is 0. The van der Waals surface area contributed by atoms with Crippen molar-refractivity contribution in [2.75, 3.05) is 18.2 Å². The zero-order valence-electron chi connectivity index (χ0n) is 17.1. The van der Waals surface area contributed by atoms with Crippen LogP contribution in [0.1, 0.15) is 31.2 Å². The normalized spacial score (nSPS) is 17.5. The molecule has 1 atom stereocenters. The highest BCUT2D eigenvalue weighted by Crippen LogP contribution is 2.32. The van der Waals surface area contributed by atoms with Gasteiger partial charge < -0.3 is 19.7 Å². The summed E-state index contributed by atoms with van der Waals surface area (Å²) in [6, 6.07) is 5.82. The third kappa shape index (κ3) is 4.30. The van der Waals surface area contributed by atoms with Crippen molar-refractivity contribution in [1.29, 1.82) is 0 Å².